The van der Waals surface area contributed by atoms with Gasteiger partial charge < -0.3 is 4.52 Å². The van der Waals surface area contributed by atoms with Gasteiger partial charge in [0, 0.05) is 33.4 Å². The zero-order valence-corrected chi connectivity index (χ0v) is 20.5. The number of unbranched alkanes of at least 4 members (excludes halogenated alkanes) is 1. The zero-order valence-electron chi connectivity index (χ0n) is 19.7. The van der Waals surface area contributed by atoms with Crippen LogP contribution < -0.4 is 0 Å². The maximum Gasteiger partial charge on any atom is 0.167 e. The number of hydrogen-bond acceptors (Lipinski definition) is 6. The van der Waals surface area contributed by atoms with Gasteiger partial charge in [-0.15, -0.1) is 11.8 Å². The number of allylic oxidation sites excluding steroid dienone is 1. The molecule has 8 heteroatoms. The summed E-state index contributed by atoms with van der Waals surface area (Å²) in [4.78, 5) is 5.70. The molecule has 0 spiro atoms. The van der Waals surface area contributed by atoms with Crippen molar-refractivity contribution in [2.75, 3.05) is 5.75 Å². The lowest BCUT2D eigenvalue weighted by Gasteiger charge is -2.18. The normalized spacial score (nSPS) is 13.9. The van der Waals surface area contributed by atoms with E-state index in [1.165, 1.54) is 29.9 Å². The van der Waals surface area contributed by atoms with Crippen molar-refractivity contribution in [3.63, 3.8) is 0 Å². The Morgan fingerprint density at radius 3 is 2.74 bits per heavy atom. The number of aliphatic imine (C=N–C) groups is 1. The van der Waals surface area contributed by atoms with E-state index < -0.39 is 11.6 Å². The van der Waals surface area contributed by atoms with Crippen molar-refractivity contribution in [2.45, 2.75) is 38.1 Å². The van der Waals surface area contributed by atoms with Crippen LogP contribution in [-0.2, 0) is 6.54 Å². The summed E-state index contributed by atoms with van der Waals surface area (Å²) >= 11 is 1.85. The summed E-state index contributed by atoms with van der Waals surface area (Å²) in [6.07, 6.45) is 5.65. The van der Waals surface area contributed by atoms with Crippen molar-refractivity contribution in [1.29, 1.82) is 0 Å². The number of benzene rings is 2. The van der Waals surface area contributed by atoms with Crippen LogP contribution in [0.4, 0.5) is 8.78 Å². The molecule has 0 N–H and O–H groups in total. The van der Waals surface area contributed by atoms with Gasteiger partial charge in [-0.1, -0.05) is 43.3 Å². The average molecular weight is 493 g/mol. The lowest BCUT2D eigenvalue weighted by molar-refractivity contribution is 0.305. The highest BCUT2D eigenvalue weighted by Gasteiger charge is 2.16. The second-order valence-corrected chi connectivity index (χ2v) is 9.25. The molecular weight excluding hydrogens is 466 g/mol. The number of rotatable bonds is 9. The molecule has 0 radical (unpaired) electrons. The van der Waals surface area contributed by atoms with Crippen LogP contribution in [0.25, 0.3) is 11.3 Å². The Morgan fingerprint density at radius 1 is 1.17 bits per heavy atom. The summed E-state index contributed by atoms with van der Waals surface area (Å²) in [5.41, 5.74) is 3.22. The van der Waals surface area contributed by atoms with Crippen LogP contribution in [0.2, 0.25) is 0 Å². The number of nitrogens with zero attached hydrogens (tertiary/aromatic N) is 4. The maximum atomic E-state index is 14.1. The topological polar surface area (TPSA) is 54.0 Å². The first kappa shape index (κ1) is 24.6. The highest BCUT2D eigenvalue weighted by atomic mass is 32.2. The van der Waals surface area contributed by atoms with Gasteiger partial charge in [0.2, 0.25) is 0 Å². The molecule has 1 aliphatic heterocycles. The summed E-state index contributed by atoms with van der Waals surface area (Å²) < 4.78 is 33.3. The van der Waals surface area contributed by atoms with Gasteiger partial charge >= 0.3 is 0 Å². The molecule has 0 aliphatic carbocycles. The Bertz CT molecular complexity index is 1290. The molecule has 180 valence electrons. The van der Waals surface area contributed by atoms with Gasteiger partial charge in [0.1, 0.15) is 12.2 Å². The van der Waals surface area contributed by atoms with Crippen LogP contribution in [0.1, 0.15) is 38.0 Å². The first-order chi connectivity index (χ1) is 16.9. The largest absolute Gasteiger partial charge is 0.359 e. The van der Waals surface area contributed by atoms with E-state index in [4.69, 9.17) is 4.52 Å². The van der Waals surface area contributed by atoms with E-state index in [-0.39, 0.29) is 5.56 Å². The van der Waals surface area contributed by atoms with Crippen LogP contribution >= 0.6 is 11.8 Å². The third-order valence-corrected chi connectivity index (χ3v) is 6.48. The van der Waals surface area contributed by atoms with Gasteiger partial charge in [0.15, 0.2) is 17.4 Å². The van der Waals surface area contributed by atoms with Crippen LogP contribution in [0.5, 0.6) is 0 Å². The second kappa shape index (κ2) is 11.3. The highest BCUT2D eigenvalue weighted by molar-refractivity contribution is 7.99. The van der Waals surface area contributed by atoms with E-state index in [9.17, 15) is 8.78 Å². The van der Waals surface area contributed by atoms with Gasteiger partial charge in [-0.2, -0.15) is 5.10 Å². The lowest BCUT2D eigenvalue weighted by atomic mass is 10.1. The Balaban J connectivity index is 1.45. The second-order valence-electron chi connectivity index (χ2n) is 8.09. The first-order valence-electron chi connectivity index (χ1n) is 11.3. The monoisotopic (exact) mass is 492 g/mol. The van der Waals surface area contributed by atoms with E-state index in [1.54, 1.807) is 24.3 Å². The molecule has 0 saturated heterocycles. The smallest absolute Gasteiger partial charge is 0.167 e. The van der Waals surface area contributed by atoms with E-state index in [0.717, 1.165) is 23.1 Å². The number of halogens is 2. The van der Waals surface area contributed by atoms with Crippen LogP contribution in [0, 0.1) is 11.6 Å². The van der Waals surface area contributed by atoms with Crippen LogP contribution in [0.15, 0.2) is 92.1 Å². The summed E-state index contributed by atoms with van der Waals surface area (Å²) in [5, 5.41) is 10.2. The fourth-order valence-corrected chi connectivity index (χ4v) is 4.42. The Morgan fingerprint density at radius 2 is 1.97 bits per heavy atom. The third-order valence-electron chi connectivity index (χ3n) is 5.39. The molecule has 0 fully saturated rings. The van der Waals surface area contributed by atoms with Crippen molar-refractivity contribution >= 4 is 23.7 Å². The van der Waals surface area contributed by atoms with E-state index >= 15 is 0 Å². The van der Waals surface area contributed by atoms with Crippen LogP contribution in [-0.4, -0.2) is 27.8 Å². The Labute approximate surface area is 207 Å². The molecule has 0 amide bonds. The van der Waals surface area contributed by atoms with Crippen molar-refractivity contribution in [3.05, 3.63) is 95.5 Å². The molecule has 2 heterocycles. The SMILES string of the molecule is C=C1C=NN(Cc2cc(-c3ccc(SCCCC)cc3)no2)C=C1N=C(C)c1cccc(F)c1F. The highest BCUT2D eigenvalue weighted by Crippen LogP contribution is 2.26. The number of aromatic nitrogens is 1. The molecule has 0 unspecified atom stereocenters. The quantitative estimate of drug-likeness (QED) is 0.180. The van der Waals surface area contributed by atoms with Crippen molar-refractivity contribution < 1.29 is 13.3 Å². The predicted octanol–water partition coefficient (Wildman–Crippen LogP) is 7.22. The fraction of sp³-hybridized carbons (Fsp3) is 0.222. The number of thioether (sulfide) groups is 1. The van der Waals surface area contributed by atoms with Gasteiger partial charge in [0.25, 0.3) is 0 Å². The summed E-state index contributed by atoms with van der Waals surface area (Å²) in [5.74, 6) is -0.104. The number of hydrazone groups is 1. The molecule has 4 rings (SSSR count). The van der Waals surface area contributed by atoms with E-state index in [1.807, 2.05) is 30.0 Å². The Kier molecular flexibility index (Phi) is 7.92. The molecule has 0 bridgehead atoms. The summed E-state index contributed by atoms with van der Waals surface area (Å²) in [6.45, 7) is 8.08. The molecule has 1 aliphatic rings. The van der Waals surface area contributed by atoms with Gasteiger partial charge in [-0.3, -0.25) is 10.0 Å². The van der Waals surface area contributed by atoms with Crippen molar-refractivity contribution in [1.82, 2.24) is 10.2 Å². The van der Waals surface area contributed by atoms with E-state index in [2.05, 4.69) is 40.9 Å². The lowest BCUT2D eigenvalue weighted by Crippen LogP contribution is -2.15. The standard InChI is InChI=1S/C27H26F2N4OS/c1-4-5-13-35-22-11-9-20(10-12-22)25-14-21(34-32-25)16-33-17-26(18(2)15-30-33)31-19(3)23-7-6-8-24(28)27(23)29/h6-12,14-15,17H,2,4-5,13,16H2,1,3H3. The fourth-order valence-electron chi connectivity index (χ4n) is 3.42. The summed E-state index contributed by atoms with van der Waals surface area (Å²) in [6, 6.07) is 14.2. The minimum atomic E-state index is -0.928. The minimum Gasteiger partial charge on any atom is -0.359 e. The maximum absolute atomic E-state index is 14.1. The third kappa shape index (κ3) is 6.14. The summed E-state index contributed by atoms with van der Waals surface area (Å²) in [7, 11) is 0. The predicted molar refractivity (Wildman–Crippen MR) is 137 cm³/mol. The zero-order chi connectivity index (χ0) is 24.8. The van der Waals surface area contributed by atoms with E-state index in [0.29, 0.717) is 29.3 Å². The van der Waals surface area contributed by atoms with Gasteiger partial charge in [-0.25, -0.2) is 8.78 Å². The van der Waals surface area contributed by atoms with Crippen molar-refractivity contribution in [2.24, 2.45) is 10.1 Å². The van der Waals surface area contributed by atoms with Gasteiger partial charge in [-0.05, 0) is 43.4 Å². The first-order valence-corrected chi connectivity index (χ1v) is 12.3. The molecule has 5 nitrogen and oxygen atoms in total. The average Bonchev–Trinajstić information content (AvgIpc) is 3.32. The van der Waals surface area contributed by atoms with Crippen molar-refractivity contribution in [3.8, 4) is 11.3 Å². The molecule has 0 atom stereocenters. The molecule has 35 heavy (non-hydrogen) atoms. The molecule has 3 aromatic rings. The molecule has 2 aromatic carbocycles. The van der Waals surface area contributed by atoms with Gasteiger partial charge in [0.05, 0.1) is 18.1 Å². The minimum absolute atomic E-state index is 0.0995. The molecular formula is C27H26F2N4OS. The van der Waals surface area contributed by atoms with Crippen LogP contribution in [0.3, 0.4) is 0 Å². The Hall–Kier alpha value is -3.52. The molecule has 0 saturated carbocycles. The molecule has 1 aromatic heterocycles. The number of hydrogen-bond donors (Lipinski definition) is 0.